The van der Waals surface area contributed by atoms with Crippen LogP contribution in [0.2, 0.25) is 15.1 Å². The molecule has 0 radical (unpaired) electrons. The summed E-state index contributed by atoms with van der Waals surface area (Å²) >= 11 is 19.0. The van der Waals surface area contributed by atoms with Crippen molar-refractivity contribution in [1.29, 1.82) is 5.26 Å². The predicted molar refractivity (Wildman–Crippen MR) is 387 cm³/mol. The minimum absolute atomic E-state index is 0.00786. The highest BCUT2D eigenvalue weighted by Crippen LogP contribution is 2.57. The van der Waals surface area contributed by atoms with Crippen molar-refractivity contribution in [2.75, 3.05) is 97.3 Å². The molecule has 103 heavy (non-hydrogen) atoms. The molecular formula is C73H78Cl3N13O13S. The molecule has 2 aliphatic heterocycles. The Morgan fingerprint density at radius 2 is 1.29 bits per heavy atom. The summed E-state index contributed by atoms with van der Waals surface area (Å²) in [4.78, 5) is 85.3. The number of ether oxygens (including phenoxy) is 5. The summed E-state index contributed by atoms with van der Waals surface area (Å²) in [5.74, 6) is -2.17. The van der Waals surface area contributed by atoms with Gasteiger partial charge in [-0.1, -0.05) is 66.0 Å². The van der Waals surface area contributed by atoms with Gasteiger partial charge in [0.05, 0.1) is 85.3 Å². The van der Waals surface area contributed by atoms with E-state index in [2.05, 4.69) is 31.6 Å². The molecule has 10 rings (SSSR count). The number of hydrogen-bond donors (Lipinski definition) is 4. The average molecular weight is 1480 g/mol. The van der Waals surface area contributed by atoms with E-state index in [4.69, 9.17) is 63.6 Å². The Bertz CT molecular complexity index is 4580. The van der Waals surface area contributed by atoms with Crippen LogP contribution >= 0.6 is 34.8 Å². The van der Waals surface area contributed by atoms with E-state index in [1.54, 1.807) is 72.4 Å². The van der Waals surface area contributed by atoms with Gasteiger partial charge in [-0.25, -0.2) is 22.2 Å². The molecule has 26 nitrogen and oxygen atoms in total. The van der Waals surface area contributed by atoms with Gasteiger partial charge in [0.25, 0.3) is 27.7 Å². The molecule has 4 N–H and O–H groups in total. The van der Waals surface area contributed by atoms with E-state index < -0.39 is 57.3 Å². The smallest absolute Gasteiger partial charge is 0.340 e. The number of unbranched alkanes of at least 4 members (excludes halogenated alkanes) is 1. The highest BCUT2D eigenvalue weighted by Gasteiger charge is 2.54. The Hall–Kier alpha value is -9.92. The van der Waals surface area contributed by atoms with Crippen molar-refractivity contribution < 1.29 is 60.9 Å². The number of nitrogens with one attached hydrogen (secondary N) is 4. The maximum atomic E-state index is 14.1. The molecule has 0 atom stereocenters. The molecule has 1 spiro atoms. The second-order valence-electron chi connectivity index (χ2n) is 24.7. The van der Waals surface area contributed by atoms with Crippen LogP contribution in [0.3, 0.4) is 0 Å². The van der Waals surface area contributed by atoms with Crippen molar-refractivity contribution >= 4 is 91.7 Å². The molecule has 0 aliphatic carbocycles. The van der Waals surface area contributed by atoms with Gasteiger partial charge >= 0.3 is 5.97 Å². The number of aryl methyl sites for hydroxylation is 1. The summed E-state index contributed by atoms with van der Waals surface area (Å²) in [5.41, 5.74) is 4.49. The maximum Gasteiger partial charge on any atom is 0.340 e. The number of amides is 5. The first-order chi connectivity index (χ1) is 49.4. The van der Waals surface area contributed by atoms with Gasteiger partial charge < -0.3 is 54.8 Å². The number of sulfonamides is 1. The van der Waals surface area contributed by atoms with Crippen LogP contribution in [0.4, 0.5) is 11.4 Å². The lowest BCUT2D eigenvalue weighted by Gasteiger charge is -2.37. The summed E-state index contributed by atoms with van der Waals surface area (Å²) in [5, 5.41) is 35.4. The summed E-state index contributed by atoms with van der Waals surface area (Å²) in [7, 11) is 3.18. The Balaban J connectivity index is 0.608. The Morgan fingerprint density at radius 3 is 1.90 bits per heavy atom. The number of nitriles is 1. The molecule has 8 aromatic rings. The first kappa shape index (κ1) is 75.7. The van der Waals surface area contributed by atoms with Crippen molar-refractivity contribution in [3.63, 3.8) is 0 Å². The van der Waals surface area contributed by atoms with Gasteiger partial charge in [0.1, 0.15) is 29.3 Å². The third kappa shape index (κ3) is 16.9. The van der Waals surface area contributed by atoms with Gasteiger partial charge in [-0.3, -0.25) is 28.7 Å². The van der Waals surface area contributed by atoms with Crippen molar-refractivity contribution in [1.82, 2.24) is 50.3 Å². The zero-order valence-corrected chi connectivity index (χ0v) is 60.9. The van der Waals surface area contributed by atoms with Gasteiger partial charge in [-0.2, -0.15) is 10.4 Å². The fourth-order valence-electron chi connectivity index (χ4n) is 12.0. The molecule has 0 saturated carbocycles. The van der Waals surface area contributed by atoms with Crippen molar-refractivity contribution in [3.05, 3.63) is 193 Å². The molecule has 5 amide bonds. The number of hydrogen-bond acceptors (Lipinski definition) is 19. The fourth-order valence-corrected chi connectivity index (χ4v) is 13.9. The predicted octanol–water partition coefficient (Wildman–Crippen LogP) is 9.83. The standard InChI is InChI=1S/C73H78Cl3N13O13S/c1-8-72(9-2,81-69(93)65-46(3)66(47-13-18-50(74)19-14-47)89(83-65)61-28-20-51(75)41-60(61)76)71(95)79-31-35-99-37-39-100-38-36-98-34-30-78-67(91)48-15-23-55(24-16-48)103(96,97)88(33-29-77)64(90)12-10-11-32-87-45-52(82-84-87)44-80-68(92)49-17-25-56-59(40-49)73(102-70(56)94)57-26-21-53(85(4)5)42-62(57)101-63-43-54(86(6)7)22-27-58(63)73/h13-28,40-43,45H,8-12,30-39,44H2,1-7H3,(H,78,91)(H,79,95)(H,80,92)(H,81,93). The zero-order chi connectivity index (χ0) is 73.8. The third-order valence-electron chi connectivity index (χ3n) is 17.7. The Kier molecular flexibility index (Phi) is 24.6. The normalized spacial score (nSPS) is 12.7. The molecule has 540 valence electrons. The summed E-state index contributed by atoms with van der Waals surface area (Å²) in [6.07, 6.45) is 2.64. The monoisotopic (exact) mass is 1480 g/mol. The number of nitrogens with zero attached hydrogens (tertiary/aromatic N) is 9. The molecule has 2 aromatic heterocycles. The van der Waals surface area contributed by atoms with E-state index in [1.807, 2.05) is 100 Å². The van der Waals surface area contributed by atoms with Crippen molar-refractivity contribution in [3.8, 4) is 34.5 Å². The van der Waals surface area contributed by atoms with Gasteiger partial charge in [0.2, 0.25) is 11.8 Å². The molecule has 0 fully saturated rings. The van der Waals surface area contributed by atoms with Crippen LogP contribution in [0.1, 0.15) is 115 Å². The highest BCUT2D eigenvalue weighted by molar-refractivity contribution is 7.89. The summed E-state index contributed by atoms with van der Waals surface area (Å²) in [6, 6.07) is 35.0. The van der Waals surface area contributed by atoms with E-state index in [-0.39, 0.29) is 99.7 Å². The quantitative estimate of drug-likeness (QED) is 0.0169. The molecule has 0 bridgehead atoms. The topological polar surface area (TPSA) is 313 Å². The minimum atomic E-state index is -4.48. The second-order valence-corrected chi connectivity index (χ2v) is 27.9. The van der Waals surface area contributed by atoms with Crippen LogP contribution in [-0.2, 0) is 57.3 Å². The highest BCUT2D eigenvalue weighted by atomic mass is 35.5. The number of anilines is 2. The number of esters is 1. The zero-order valence-electron chi connectivity index (χ0n) is 57.8. The van der Waals surface area contributed by atoms with Crippen molar-refractivity contribution in [2.24, 2.45) is 0 Å². The van der Waals surface area contributed by atoms with E-state index >= 15 is 0 Å². The second kappa shape index (κ2) is 33.5. The SMILES string of the molecule is CCC(CC)(NC(=O)c1nn(-c2ccc(Cl)cc2Cl)c(-c2ccc(Cl)cc2)c1C)C(=O)NCCOCCOCCOCCNC(=O)c1ccc(S(=O)(=O)N(CC#N)C(=O)CCCCn2cc(CNC(=O)c3ccc4c(c3)C3(OC4=O)c4ccc(N(C)C)cc4Oc4cc(N(C)C)ccc43)nn2)cc1. The number of benzene rings is 6. The molecular weight excluding hydrogens is 1410 g/mol. The molecule has 2 aliphatic rings. The summed E-state index contributed by atoms with van der Waals surface area (Å²) in [6.45, 7) is 6.52. The summed E-state index contributed by atoms with van der Waals surface area (Å²) < 4.78 is 60.8. The first-order valence-corrected chi connectivity index (χ1v) is 35.8. The minimum Gasteiger partial charge on any atom is -0.456 e. The largest absolute Gasteiger partial charge is 0.456 e. The maximum absolute atomic E-state index is 14.1. The first-order valence-electron chi connectivity index (χ1n) is 33.3. The number of fused-ring (bicyclic) bond motifs is 6. The van der Waals surface area contributed by atoms with E-state index in [9.17, 15) is 42.4 Å². The Morgan fingerprint density at radius 1 is 0.689 bits per heavy atom. The van der Waals surface area contributed by atoms with Crippen molar-refractivity contribution in [2.45, 2.75) is 82.0 Å². The van der Waals surface area contributed by atoms with Crippen LogP contribution in [0.15, 0.2) is 132 Å². The molecule has 4 heterocycles. The number of rotatable bonds is 33. The van der Waals surface area contributed by atoms with E-state index in [0.717, 1.165) is 16.9 Å². The van der Waals surface area contributed by atoms with E-state index in [1.165, 1.54) is 28.9 Å². The van der Waals surface area contributed by atoms with Crippen LogP contribution in [-0.4, -0.2) is 166 Å². The van der Waals surface area contributed by atoms with E-state index in [0.29, 0.717) is 102 Å². The van der Waals surface area contributed by atoms with Gasteiger partial charge in [-0.05, 0) is 130 Å². The average Bonchev–Trinajstić information content (AvgIpc) is 1.60. The Labute approximate surface area is 611 Å². The van der Waals surface area contributed by atoms with Gasteiger partial charge in [0, 0.05) is 127 Å². The van der Waals surface area contributed by atoms with Crippen LogP contribution in [0.5, 0.6) is 11.5 Å². The molecule has 30 heteroatoms. The van der Waals surface area contributed by atoms with Crippen LogP contribution in [0, 0.1) is 18.3 Å². The fraction of sp³-hybridized carbons (Fsp3) is 0.342. The van der Waals surface area contributed by atoms with Crippen LogP contribution < -0.4 is 35.8 Å². The van der Waals surface area contributed by atoms with Gasteiger partial charge in [-0.15, -0.1) is 5.10 Å². The number of halogens is 3. The molecule has 0 saturated heterocycles. The van der Waals surface area contributed by atoms with Gasteiger partial charge in [0.15, 0.2) is 11.3 Å². The van der Waals surface area contributed by atoms with Crippen LogP contribution in [0.25, 0.3) is 16.9 Å². The lowest BCUT2D eigenvalue weighted by molar-refractivity contribution is -0.128. The lowest BCUT2D eigenvalue weighted by atomic mass is 9.77. The number of carbonyl (C=O) groups is 6. The lowest BCUT2D eigenvalue weighted by Crippen LogP contribution is -2.58. The third-order valence-corrected chi connectivity index (χ3v) is 20.3. The number of carbonyl (C=O) groups excluding carboxylic acids is 6. The molecule has 6 aromatic carbocycles. The number of aromatic nitrogens is 5. The molecule has 0 unspecified atom stereocenters.